The molecule has 0 bridgehead atoms. The molecule has 7 nitrogen and oxygen atoms in total. The van der Waals surface area contributed by atoms with Gasteiger partial charge < -0.3 is 10.4 Å². The maximum absolute atomic E-state index is 12.3. The number of hydrogen-bond donors (Lipinski definition) is 2. The molecule has 9 heteroatoms. The normalized spacial score (nSPS) is 19.9. The fourth-order valence-electron chi connectivity index (χ4n) is 2.36. The lowest BCUT2D eigenvalue weighted by atomic mass is 9.95. The molecule has 0 aromatic carbocycles. The predicted molar refractivity (Wildman–Crippen MR) is 82.8 cm³/mol. The SMILES string of the molecule is CC1(NC(=O)c2nc3cnc(O)cc3s2)CCS(=O)(=O)CC1. The Morgan fingerprint density at radius 2 is 2.09 bits per heavy atom. The fourth-order valence-corrected chi connectivity index (χ4v) is 4.95. The number of carbonyl (C=O) groups is 1. The van der Waals surface area contributed by atoms with Gasteiger partial charge in [-0.05, 0) is 19.8 Å². The number of amides is 1. The van der Waals surface area contributed by atoms with Crippen molar-refractivity contribution in [1.29, 1.82) is 0 Å². The van der Waals surface area contributed by atoms with Gasteiger partial charge in [0.1, 0.15) is 15.4 Å². The Morgan fingerprint density at radius 3 is 2.77 bits per heavy atom. The van der Waals surface area contributed by atoms with Crippen molar-refractivity contribution in [3.05, 3.63) is 17.3 Å². The van der Waals surface area contributed by atoms with Crippen molar-refractivity contribution in [1.82, 2.24) is 15.3 Å². The van der Waals surface area contributed by atoms with Crippen LogP contribution >= 0.6 is 11.3 Å². The van der Waals surface area contributed by atoms with Crippen LogP contribution in [0.15, 0.2) is 12.3 Å². The molecule has 22 heavy (non-hydrogen) atoms. The van der Waals surface area contributed by atoms with Gasteiger partial charge >= 0.3 is 0 Å². The quantitative estimate of drug-likeness (QED) is 0.846. The molecule has 0 saturated carbocycles. The number of pyridine rings is 1. The summed E-state index contributed by atoms with van der Waals surface area (Å²) in [6, 6.07) is 1.46. The minimum Gasteiger partial charge on any atom is -0.493 e. The zero-order valence-electron chi connectivity index (χ0n) is 11.9. The molecule has 0 spiro atoms. The molecular formula is C13H15N3O4S2. The summed E-state index contributed by atoms with van der Waals surface area (Å²) in [5, 5.41) is 12.5. The molecule has 1 aliphatic heterocycles. The van der Waals surface area contributed by atoms with Gasteiger partial charge in [0.05, 0.1) is 22.4 Å². The monoisotopic (exact) mass is 341 g/mol. The minimum absolute atomic E-state index is 0.0847. The summed E-state index contributed by atoms with van der Waals surface area (Å²) in [5.74, 6) is -0.280. The highest BCUT2D eigenvalue weighted by molar-refractivity contribution is 7.91. The molecule has 118 valence electrons. The van der Waals surface area contributed by atoms with E-state index in [-0.39, 0.29) is 28.3 Å². The van der Waals surface area contributed by atoms with Gasteiger partial charge in [-0.1, -0.05) is 0 Å². The van der Waals surface area contributed by atoms with Crippen LogP contribution in [0.3, 0.4) is 0 Å². The van der Waals surface area contributed by atoms with Crippen LogP contribution in [0.25, 0.3) is 10.2 Å². The van der Waals surface area contributed by atoms with E-state index < -0.39 is 15.4 Å². The summed E-state index contributed by atoms with van der Waals surface area (Å²) in [6.45, 7) is 1.85. The topological polar surface area (TPSA) is 109 Å². The Bertz CT molecular complexity index is 830. The molecule has 1 aliphatic rings. The van der Waals surface area contributed by atoms with Gasteiger partial charge in [0.2, 0.25) is 5.88 Å². The van der Waals surface area contributed by atoms with Crippen LogP contribution in [0, 0.1) is 0 Å². The molecule has 3 heterocycles. The second-order valence-corrected chi connectivity index (χ2v) is 9.03. The summed E-state index contributed by atoms with van der Waals surface area (Å²) >= 11 is 1.17. The second kappa shape index (κ2) is 5.17. The summed E-state index contributed by atoms with van der Waals surface area (Å²) in [4.78, 5) is 20.3. The van der Waals surface area contributed by atoms with E-state index in [0.29, 0.717) is 23.1 Å². The number of thiazole rings is 1. The minimum atomic E-state index is -2.98. The first-order valence-corrected chi connectivity index (χ1v) is 9.39. The molecule has 0 aliphatic carbocycles. The van der Waals surface area contributed by atoms with E-state index in [2.05, 4.69) is 15.3 Å². The Kier molecular flexibility index (Phi) is 3.56. The number of carbonyl (C=O) groups excluding carboxylic acids is 1. The summed E-state index contributed by atoms with van der Waals surface area (Å²) in [5.41, 5.74) is 0.00465. The lowest BCUT2D eigenvalue weighted by Gasteiger charge is -2.33. The van der Waals surface area contributed by atoms with Crippen LogP contribution in [0.2, 0.25) is 0 Å². The number of hydrogen-bond acceptors (Lipinski definition) is 7. The van der Waals surface area contributed by atoms with Crippen molar-refractivity contribution in [2.24, 2.45) is 0 Å². The van der Waals surface area contributed by atoms with Gasteiger partial charge in [0.25, 0.3) is 5.91 Å². The first kappa shape index (κ1) is 15.2. The Labute approximate surface area is 131 Å². The highest BCUT2D eigenvalue weighted by Gasteiger charge is 2.35. The highest BCUT2D eigenvalue weighted by Crippen LogP contribution is 2.27. The standard InChI is InChI=1S/C13H15N3O4S2/c1-13(2-4-22(19,20)5-3-13)16-11(18)12-15-8-7-14-10(17)6-9(8)21-12/h6-7H,2-5H2,1H3,(H,14,17)(H,16,18). The Morgan fingerprint density at radius 1 is 1.41 bits per heavy atom. The Hall–Kier alpha value is -1.74. The lowest BCUT2D eigenvalue weighted by molar-refractivity contribution is 0.0899. The zero-order chi connectivity index (χ0) is 16.0. The molecule has 0 unspecified atom stereocenters. The van der Waals surface area contributed by atoms with Crippen molar-refractivity contribution in [3.8, 4) is 5.88 Å². The third kappa shape index (κ3) is 3.05. The number of fused-ring (bicyclic) bond motifs is 1. The lowest BCUT2D eigenvalue weighted by Crippen LogP contribution is -2.50. The van der Waals surface area contributed by atoms with E-state index in [1.165, 1.54) is 23.6 Å². The van der Waals surface area contributed by atoms with E-state index in [0.717, 1.165) is 0 Å². The van der Waals surface area contributed by atoms with Gasteiger partial charge in [-0.3, -0.25) is 4.79 Å². The van der Waals surface area contributed by atoms with Crippen LogP contribution in [0.1, 0.15) is 29.6 Å². The van der Waals surface area contributed by atoms with Gasteiger partial charge in [-0.15, -0.1) is 11.3 Å². The molecule has 3 rings (SSSR count). The fraction of sp³-hybridized carbons (Fsp3) is 0.462. The number of nitrogens with one attached hydrogen (secondary N) is 1. The molecule has 0 radical (unpaired) electrons. The van der Waals surface area contributed by atoms with Gasteiger partial charge in [-0.2, -0.15) is 0 Å². The number of rotatable bonds is 2. The van der Waals surface area contributed by atoms with Crippen molar-refractivity contribution in [3.63, 3.8) is 0 Å². The first-order valence-electron chi connectivity index (χ1n) is 6.75. The van der Waals surface area contributed by atoms with E-state index in [9.17, 15) is 18.3 Å². The van der Waals surface area contributed by atoms with E-state index in [4.69, 9.17) is 0 Å². The smallest absolute Gasteiger partial charge is 0.280 e. The van der Waals surface area contributed by atoms with Gasteiger partial charge in [-0.25, -0.2) is 18.4 Å². The van der Waals surface area contributed by atoms with E-state index >= 15 is 0 Å². The number of aromatic hydroxyl groups is 1. The van der Waals surface area contributed by atoms with Crippen molar-refractivity contribution >= 4 is 37.3 Å². The number of sulfone groups is 1. The Balaban J connectivity index is 1.78. The van der Waals surface area contributed by atoms with Crippen LogP contribution in [0.5, 0.6) is 5.88 Å². The highest BCUT2D eigenvalue weighted by atomic mass is 32.2. The molecule has 1 amide bonds. The van der Waals surface area contributed by atoms with E-state index in [1.54, 1.807) is 0 Å². The van der Waals surface area contributed by atoms with E-state index in [1.807, 2.05) is 6.92 Å². The third-order valence-electron chi connectivity index (χ3n) is 3.80. The van der Waals surface area contributed by atoms with Crippen LogP contribution in [0.4, 0.5) is 0 Å². The summed E-state index contributed by atoms with van der Waals surface area (Å²) in [6.07, 6.45) is 2.20. The number of aromatic nitrogens is 2. The largest absolute Gasteiger partial charge is 0.493 e. The molecule has 2 aromatic heterocycles. The zero-order valence-corrected chi connectivity index (χ0v) is 13.5. The summed E-state index contributed by atoms with van der Waals surface area (Å²) in [7, 11) is -2.98. The maximum Gasteiger partial charge on any atom is 0.280 e. The molecule has 1 fully saturated rings. The second-order valence-electron chi connectivity index (χ2n) is 5.70. The average Bonchev–Trinajstić information content (AvgIpc) is 2.86. The van der Waals surface area contributed by atoms with Crippen molar-refractivity contribution in [2.45, 2.75) is 25.3 Å². The molecule has 1 saturated heterocycles. The third-order valence-corrected chi connectivity index (χ3v) is 6.47. The molecular weight excluding hydrogens is 326 g/mol. The molecule has 0 atom stereocenters. The van der Waals surface area contributed by atoms with Crippen molar-refractivity contribution in [2.75, 3.05) is 11.5 Å². The predicted octanol–water partition coefficient (Wildman–Crippen LogP) is 1.09. The van der Waals surface area contributed by atoms with Gasteiger partial charge in [0, 0.05) is 11.6 Å². The van der Waals surface area contributed by atoms with Crippen molar-refractivity contribution < 1.29 is 18.3 Å². The van der Waals surface area contributed by atoms with Crippen LogP contribution in [-0.4, -0.2) is 46.4 Å². The molecule has 2 aromatic rings. The molecule has 2 N–H and O–H groups in total. The average molecular weight is 341 g/mol. The maximum atomic E-state index is 12.3. The first-order chi connectivity index (χ1) is 10.3. The van der Waals surface area contributed by atoms with Crippen LogP contribution < -0.4 is 5.32 Å². The number of nitrogens with zero attached hydrogens (tertiary/aromatic N) is 2. The van der Waals surface area contributed by atoms with Gasteiger partial charge in [0.15, 0.2) is 5.01 Å². The summed E-state index contributed by atoms with van der Waals surface area (Å²) < 4.78 is 23.7. The van der Waals surface area contributed by atoms with Crippen LogP contribution in [-0.2, 0) is 9.84 Å².